The number of amides is 1. The number of piperazine rings is 1. The molecule has 0 unspecified atom stereocenters. The van der Waals surface area contributed by atoms with Crippen LogP contribution in [0.1, 0.15) is 23.7 Å². The number of rotatable bonds is 7. The number of ether oxygens (including phenoxy) is 1. The topological polar surface area (TPSA) is 84.0 Å². The minimum absolute atomic E-state index is 0.0383. The van der Waals surface area contributed by atoms with Gasteiger partial charge in [0.05, 0.1) is 14.9 Å². The maximum atomic E-state index is 12.8. The summed E-state index contributed by atoms with van der Waals surface area (Å²) in [7, 11) is -3.73. The molecule has 1 amide bonds. The molecule has 0 bridgehead atoms. The molecule has 1 aliphatic rings. The van der Waals surface area contributed by atoms with Crippen LogP contribution in [0.5, 0.6) is 5.75 Å². The molecule has 0 aromatic heterocycles. The van der Waals surface area contributed by atoms with Gasteiger partial charge in [-0.2, -0.15) is 4.31 Å². The molecule has 0 radical (unpaired) electrons. The fraction of sp³-hybridized carbons (Fsp3) is 0.333. The van der Waals surface area contributed by atoms with Crippen molar-refractivity contribution in [1.29, 1.82) is 0 Å². The Morgan fingerprint density at radius 2 is 1.61 bits per heavy atom. The molecule has 31 heavy (non-hydrogen) atoms. The molecule has 0 aliphatic carbocycles. The Morgan fingerprint density at radius 3 is 2.19 bits per heavy atom. The molecule has 3 rings (SSSR count). The highest BCUT2D eigenvalue weighted by molar-refractivity contribution is 7.89. The molecule has 166 valence electrons. The van der Waals surface area contributed by atoms with Crippen molar-refractivity contribution in [2.24, 2.45) is 0 Å². The Kier molecular flexibility index (Phi) is 7.59. The minimum Gasteiger partial charge on any atom is -0.484 e. The lowest BCUT2D eigenvalue weighted by atomic mass is 10.1. The summed E-state index contributed by atoms with van der Waals surface area (Å²) >= 11 is 11.8. The van der Waals surface area contributed by atoms with Gasteiger partial charge in [-0.3, -0.25) is 9.59 Å². The Morgan fingerprint density at radius 1 is 0.968 bits per heavy atom. The molecular formula is C21H22Cl2N2O5S. The number of halogens is 2. The van der Waals surface area contributed by atoms with Gasteiger partial charge in [-0.1, -0.05) is 30.1 Å². The molecule has 2 aromatic carbocycles. The van der Waals surface area contributed by atoms with Crippen LogP contribution in [0.2, 0.25) is 10.0 Å². The smallest absolute Gasteiger partial charge is 0.260 e. The van der Waals surface area contributed by atoms with Gasteiger partial charge in [0.15, 0.2) is 12.4 Å². The van der Waals surface area contributed by atoms with Crippen LogP contribution in [0.3, 0.4) is 0 Å². The van der Waals surface area contributed by atoms with Gasteiger partial charge in [-0.05, 0) is 42.5 Å². The average molecular weight is 485 g/mol. The van der Waals surface area contributed by atoms with E-state index in [1.165, 1.54) is 22.5 Å². The Bertz CT molecular complexity index is 1070. The van der Waals surface area contributed by atoms with E-state index in [0.29, 0.717) is 17.7 Å². The van der Waals surface area contributed by atoms with Crippen molar-refractivity contribution in [2.75, 3.05) is 32.8 Å². The molecule has 0 saturated carbocycles. The number of Topliss-reactive ketones (excluding diaryl/α,β-unsaturated/α-hetero) is 1. The first-order valence-corrected chi connectivity index (χ1v) is 11.9. The predicted octanol–water partition coefficient (Wildman–Crippen LogP) is 3.50. The quantitative estimate of drug-likeness (QED) is 0.561. The highest BCUT2D eigenvalue weighted by atomic mass is 35.5. The summed E-state index contributed by atoms with van der Waals surface area (Å²) < 4.78 is 32.5. The number of nitrogens with zero attached hydrogens (tertiary/aromatic N) is 2. The van der Waals surface area contributed by atoms with E-state index in [9.17, 15) is 18.0 Å². The number of hydrogen-bond donors (Lipinski definition) is 0. The van der Waals surface area contributed by atoms with E-state index < -0.39 is 10.0 Å². The Hall–Kier alpha value is -2.13. The molecule has 1 fully saturated rings. The van der Waals surface area contributed by atoms with Crippen molar-refractivity contribution in [2.45, 2.75) is 18.2 Å². The summed E-state index contributed by atoms with van der Waals surface area (Å²) in [5, 5.41) is 0.448. The zero-order valence-corrected chi connectivity index (χ0v) is 19.2. The third kappa shape index (κ3) is 5.57. The Balaban J connectivity index is 1.53. The van der Waals surface area contributed by atoms with Crippen molar-refractivity contribution in [3.05, 3.63) is 58.1 Å². The molecule has 1 heterocycles. The first-order valence-electron chi connectivity index (χ1n) is 9.71. The molecule has 0 spiro atoms. The van der Waals surface area contributed by atoms with E-state index >= 15 is 0 Å². The molecule has 1 saturated heterocycles. The molecule has 0 N–H and O–H groups in total. The standard InChI is InChI=1S/C21H22Cl2N2O5S/c1-2-20(26)15-3-5-16(6-4-15)30-14-21(27)24-9-11-25(12-10-24)31(28,29)17-7-8-18(22)19(23)13-17/h3-8,13H,2,9-12,14H2,1H3. The zero-order chi connectivity index (χ0) is 22.6. The summed E-state index contributed by atoms with van der Waals surface area (Å²) in [5.41, 5.74) is 0.598. The van der Waals surface area contributed by atoms with Crippen LogP contribution in [0.25, 0.3) is 0 Å². The lowest BCUT2D eigenvalue weighted by Crippen LogP contribution is -2.51. The van der Waals surface area contributed by atoms with Crippen molar-refractivity contribution in [1.82, 2.24) is 9.21 Å². The van der Waals surface area contributed by atoms with Crippen molar-refractivity contribution >= 4 is 44.9 Å². The average Bonchev–Trinajstić information content (AvgIpc) is 2.79. The van der Waals surface area contributed by atoms with Crippen molar-refractivity contribution < 1.29 is 22.7 Å². The fourth-order valence-electron chi connectivity index (χ4n) is 3.14. The number of carbonyl (C=O) groups excluding carboxylic acids is 2. The van der Waals surface area contributed by atoms with Crippen LogP contribution in [-0.4, -0.2) is 62.1 Å². The predicted molar refractivity (Wildman–Crippen MR) is 118 cm³/mol. The largest absolute Gasteiger partial charge is 0.484 e. The summed E-state index contributed by atoms with van der Waals surface area (Å²) in [6, 6.07) is 10.8. The highest BCUT2D eigenvalue weighted by Gasteiger charge is 2.30. The van der Waals surface area contributed by atoms with Gasteiger partial charge in [0.2, 0.25) is 10.0 Å². The summed E-state index contributed by atoms with van der Waals surface area (Å²) in [6.07, 6.45) is 0.422. The third-order valence-corrected chi connectivity index (χ3v) is 7.61. The van der Waals surface area contributed by atoms with E-state index in [1.807, 2.05) is 0 Å². The van der Waals surface area contributed by atoms with Gasteiger partial charge in [-0.25, -0.2) is 8.42 Å². The zero-order valence-electron chi connectivity index (χ0n) is 16.9. The van der Waals surface area contributed by atoms with Gasteiger partial charge in [0.1, 0.15) is 5.75 Å². The van der Waals surface area contributed by atoms with E-state index in [0.717, 1.165) is 0 Å². The van der Waals surface area contributed by atoms with Gasteiger partial charge >= 0.3 is 0 Å². The minimum atomic E-state index is -3.73. The molecule has 2 aromatic rings. The Labute approximate surface area is 191 Å². The normalized spacial score (nSPS) is 15.0. The van der Waals surface area contributed by atoms with Crippen molar-refractivity contribution in [3.63, 3.8) is 0 Å². The first-order chi connectivity index (χ1) is 14.7. The number of benzene rings is 2. The van der Waals surface area contributed by atoms with Crippen LogP contribution in [0.4, 0.5) is 0 Å². The van der Waals surface area contributed by atoms with E-state index in [4.69, 9.17) is 27.9 Å². The number of ketones is 1. The third-order valence-electron chi connectivity index (χ3n) is 4.98. The maximum absolute atomic E-state index is 12.8. The number of sulfonamides is 1. The number of hydrogen-bond acceptors (Lipinski definition) is 5. The van der Waals surface area contributed by atoms with Crippen molar-refractivity contribution in [3.8, 4) is 5.75 Å². The monoisotopic (exact) mass is 484 g/mol. The van der Waals surface area contributed by atoms with E-state index in [2.05, 4.69) is 0 Å². The van der Waals surface area contributed by atoms with Crippen LogP contribution >= 0.6 is 23.2 Å². The molecule has 7 nitrogen and oxygen atoms in total. The summed E-state index contributed by atoms with van der Waals surface area (Å²) in [4.78, 5) is 25.7. The van der Waals surface area contributed by atoms with Crippen LogP contribution in [-0.2, 0) is 14.8 Å². The van der Waals surface area contributed by atoms with Gasteiger partial charge in [0.25, 0.3) is 5.91 Å². The van der Waals surface area contributed by atoms with E-state index in [-0.39, 0.29) is 59.4 Å². The van der Waals surface area contributed by atoms with Crippen LogP contribution in [0, 0.1) is 0 Å². The molecule has 1 aliphatic heterocycles. The summed E-state index contributed by atoms with van der Waals surface area (Å²) in [5.74, 6) is 0.290. The molecule has 0 atom stereocenters. The van der Waals surface area contributed by atoms with Gasteiger partial charge in [-0.15, -0.1) is 0 Å². The lowest BCUT2D eigenvalue weighted by Gasteiger charge is -2.34. The molecule has 10 heteroatoms. The second-order valence-electron chi connectivity index (χ2n) is 6.95. The second kappa shape index (κ2) is 9.99. The lowest BCUT2D eigenvalue weighted by molar-refractivity contribution is -0.134. The fourth-order valence-corrected chi connectivity index (χ4v) is 4.95. The maximum Gasteiger partial charge on any atom is 0.260 e. The van der Waals surface area contributed by atoms with Gasteiger partial charge in [0, 0.05) is 38.2 Å². The van der Waals surface area contributed by atoms with E-state index in [1.54, 1.807) is 36.1 Å². The highest BCUT2D eigenvalue weighted by Crippen LogP contribution is 2.27. The first kappa shape index (κ1) is 23.5. The SMILES string of the molecule is CCC(=O)c1ccc(OCC(=O)N2CCN(S(=O)(=O)c3ccc(Cl)c(Cl)c3)CC2)cc1. The number of carbonyl (C=O) groups is 2. The van der Waals surface area contributed by atoms with Crippen LogP contribution < -0.4 is 4.74 Å². The molecular weight excluding hydrogens is 463 g/mol. The van der Waals surface area contributed by atoms with Gasteiger partial charge < -0.3 is 9.64 Å². The second-order valence-corrected chi connectivity index (χ2v) is 9.70. The van der Waals surface area contributed by atoms with Crippen LogP contribution in [0.15, 0.2) is 47.4 Å². The summed E-state index contributed by atoms with van der Waals surface area (Å²) in [6.45, 7) is 2.48.